The highest BCUT2D eigenvalue weighted by molar-refractivity contribution is 5.73. The summed E-state index contributed by atoms with van der Waals surface area (Å²) in [5.74, 6) is 2.04. The van der Waals surface area contributed by atoms with Crippen LogP contribution in [0.5, 0.6) is 0 Å². The zero-order valence-electron chi connectivity index (χ0n) is 15.2. The highest BCUT2D eigenvalue weighted by Gasteiger charge is 2.25. The molecule has 3 heterocycles. The summed E-state index contributed by atoms with van der Waals surface area (Å²) in [5, 5.41) is 0. The third kappa shape index (κ3) is 3.62. The molecule has 6 heteroatoms. The Bertz CT molecular complexity index is 583. The molecule has 0 spiro atoms. The van der Waals surface area contributed by atoms with Crippen LogP contribution in [-0.2, 0) is 4.79 Å². The summed E-state index contributed by atoms with van der Waals surface area (Å²) in [6.45, 7) is 10.2. The second-order valence-corrected chi connectivity index (χ2v) is 6.91. The number of aryl methyl sites for hydroxylation is 1. The van der Waals surface area contributed by atoms with Crippen LogP contribution in [0.3, 0.4) is 0 Å². The Morgan fingerprint density at radius 1 is 1.17 bits per heavy atom. The van der Waals surface area contributed by atoms with Crippen LogP contribution >= 0.6 is 0 Å². The molecule has 2 aliphatic rings. The highest BCUT2D eigenvalue weighted by atomic mass is 16.2. The zero-order valence-corrected chi connectivity index (χ0v) is 15.2. The van der Waals surface area contributed by atoms with Gasteiger partial charge in [-0.15, -0.1) is 0 Å². The van der Waals surface area contributed by atoms with Crippen molar-refractivity contribution in [3.05, 3.63) is 11.8 Å². The van der Waals surface area contributed by atoms with E-state index in [0.717, 1.165) is 56.6 Å². The molecule has 1 unspecified atom stereocenters. The first-order valence-electron chi connectivity index (χ1n) is 9.21. The van der Waals surface area contributed by atoms with Gasteiger partial charge in [-0.3, -0.25) is 4.79 Å². The third-order valence-corrected chi connectivity index (χ3v) is 5.23. The van der Waals surface area contributed by atoms with Gasteiger partial charge in [-0.2, -0.15) is 4.98 Å². The predicted molar refractivity (Wildman–Crippen MR) is 96.5 cm³/mol. The third-order valence-electron chi connectivity index (χ3n) is 5.23. The molecule has 0 aromatic carbocycles. The van der Waals surface area contributed by atoms with Crippen LogP contribution in [0, 0.1) is 6.92 Å². The number of amides is 1. The molecular weight excluding hydrogens is 302 g/mol. The quantitative estimate of drug-likeness (QED) is 0.850. The van der Waals surface area contributed by atoms with Crippen LogP contribution < -0.4 is 9.80 Å². The van der Waals surface area contributed by atoms with E-state index in [1.54, 1.807) is 6.92 Å². The molecule has 2 aliphatic heterocycles. The summed E-state index contributed by atoms with van der Waals surface area (Å²) in [7, 11) is 0. The lowest BCUT2D eigenvalue weighted by Gasteiger charge is -2.37. The molecule has 1 amide bonds. The lowest BCUT2D eigenvalue weighted by Crippen LogP contribution is -2.48. The van der Waals surface area contributed by atoms with Crippen molar-refractivity contribution in [1.29, 1.82) is 0 Å². The maximum Gasteiger partial charge on any atom is 0.227 e. The Kier molecular flexibility index (Phi) is 5.21. The van der Waals surface area contributed by atoms with E-state index in [-0.39, 0.29) is 5.91 Å². The van der Waals surface area contributed by atoms with Gasteiger partial charge in [0.1, 0.15) is 5.82 Å². The molecule has 3 rings (SSSR count). The van der Waals surface area contributed by atoms with Gasteiger partial charge in [0.05, 0.1) is 0 Å². The van der Waals surface area contributed by atoms with Gasteiger partial charge < -0.3 is 14.7 Å². The first-order chi connectivity index (χ1) is 11.6. The molecular formula is C18H29N5O. The number of anilines is 2. The second kappa shape index (κ2) is 7.36. The molecule has 6 nitrogen and oxygen atoms in total. The first kappa shape index (κ1) is 17.0. The van der Waals surface area contributed by atoms with E-state index in [0.29, 0.717) is 6.04 Å². The van der Waals surface area contributed by atoms with Crippen LogP contribution in [0.2, 0.25) is 0 Å². The van der Waals surface area contributed by atoms with Crippen molar-refractivity contribution in [1.82, 2.24) is 14.9 Å². The monoisotopic (exact) mass is 331 g/mol. The summed E-state index contributed by atoms with van der Waals surface area (Å²) < 4.78 is 0. The van der Waals surface area contributed by atoms with Crippen LogP contribution in [0.1, 0.15) is 45.2 Å². The Labute approximate surface area is 144 Å². The number of hydrogen-bond donors (Lipinski definition) is 0. The number of piperazine rings is 1. The summed E-state index contributed by atoms with van der Waals surface area (Å²) in [6.07, 6.45) is 4.91. The predicted octanol–water partition coefficient (Wildman–Crippen LogP) is 2.22. The fourth-order valence-electron chi connectivity index (χ4n) is 3.77. The minimum absolute atomic E-state index is 0.160. The van der Waals surface area contributed by atoms with E-state index in [9.17, 15) is 4.79 Å². The van der Waals surface area contributed by atoms with Gasteiger partial charge in [-0.1, -0.05) is 6.92 Å². The summed E-state index contributed by atoms with van der Waals surface area (Å²) in [4.78, 5) is 27.7. The molecule has 1 aromatic heterocycles. The zero-order chi connectivity index (χ0) is 17.1. The van der Waals surface area contributed by atoms with Crippen molar-refractivity contribution in [3.63, 3.8) is 0 Å². The number of carbonyl (C=O) groups excluding carboxylic acids is 1. The fourth-order valence-corrected chi connectivity index (χ4v) is 3.77. The summed E-state index contributed by atoms with van der Waals surface area (Å²) in [6, 6.07) is 2.63. The average Bonchev–Trinajstić information content (AvgIpc) is 2.61. The van der Waals surface area contributed by atoms with Gasteiger partial charge in [0.2, 0.25) is 11.9 Å². The first-order valence-corrected chi connectivity index (χ1v) is 9.21. The highest BCUT2D eigenvalue weighted by Crippen LogP contribution is 2.26. The van der Waals surface area contributed by atoms with Crippen molar-refractivity contribution in [2.24, 2.45) is 0 Å². The van der Waals surface area contributed by atoms with E-state index in [1.165, 1.54) is 19.3 Å². The van der Waals surface area contributed by atoms with E-state index in [2.05, 4.69) is 22.8 Å². The van der Waals surface area contributed by atoms with Gasteiger partial charge >= 0.3 is 0 Å². The standard InChI is InChI=1S/C18H29N5O/c1-4-16-7-5-6-8-23(16)18-19-14(2)13-17(20-18)22-11-9-21(10-12-22)15(3)24/h13,16H,4-12H2,1-3H3. The van der Waals surface area contributed by atoms with Gasteiger partial charge in [0.25, 0.3) is 0 Å². The molecule has 1 aromatic rings. The lowest BCUT2D eigenvalue weighted by atomic mass is 10.0. The minimum atomic E-state index is 0.160. The lowest BCUT2D eigenvalue weighted by molar-refractivity contribution is -0.129. The molecule has 0 radical (unpaired) electrons. The number of hydrogen-bond acceptors (Lipinski definition) is 5. The maximum absolute atomic E-state index is 11.5. The van der Waals surface area contributed by atoms with Crippen molar-refractivity contribution >= 4 is 17.7 Å². The Balaban J connectivity index is 1.78. The van der Waals surface area contributed by atoms with E-state index in [4.69, 9.17) is 9.97 Å². The number of nitrogens with zero attached hydrogens (tertiary/aromatic N) is 5. The normalized spacial score (nSPS) is 22.0. The number of carbonyl (C=O) groups is 1. The molecule has 2 saturated heterocycles. The van der Waals surface area contributed by atoms with Crippen molar-refractivity contribution in [3.8, 4) is 0 Å². The SMILES string of the molecule is CCC1CCCCN1c1nc(C)cc(N2CCN(C(C)=O)CC2)n1. The van der Waals surface area contributed by atoms with Crippen molar-refractivity contribution in [2.45, 2.75) is 52.5 Å². The Morgan fingerprint density at radius 2 is 1.92 bits per heavy atom. The molecule has 0 N–H and O–H groups in total. The minimum Gasteiger partial charge on any atom is -0.353 e. The summed E-state index contributed by atoms with van der Waals surface area (Å²) in [5.41, 5.74) is 1.02. The molecule has 132 valence electrons. The van der Waals surface area contributed by atoms with E-state index >= 15 is 0 Å². The van der Waals surface area contributed by atoms with Crippen LogP contribution in [-0.4, -0.2) is 59.5 Å². The smallest absolute Gasteiger partial charge is 0.227 e. The number of aromatic nitrogens is 2. The average molecular weight is 331 g/mol. The Morgan fingerprint density at radius 3 is 2.58 bits per heavy atom. The topological polar surface area (TPSA) is 52.6 Å². The van der Waals surface area contributed by atoms with E-state index < -0.39 is 0 Å². The molecule has 0 bridgehead atoms. The second-order valence-electron chi connectivity index (χ2n) is 6.91. The molecule has 0 saturated carbocycles. The van der Waals surface area contributed by atoms with Crippen molar-refractivity contribution < 1.29 is 4.79 Å². The van der Waals surface area contributed by atoms with Crippen LogP contribution in [0.25, 0.3) is 0 Å². The Hall–Kier alpha value is -1.85. The maximum atomic E-state index is 11.5. The van der Waals surface area contributed by atoms with Crippen LogP contribution in [0.15, 0.2) is 6.07 Å². The number of rotatable bonds is 3. The molecule has 1 atom stereocenters. The fraction of sp³-hybridized carbons (Fsp3) is 0.722. The summed E-state index contributed by atoms with van der Waals surface area (Å²) >= 11 is 0. The number of piperidine rings is 1. The largest absolute Gasteiger partial charge is 0.353 e. The van der Waals surface area contributed by atoms with Gasteiger partial charge in [-0.05, 0) is 32.6 Å². The molecule has 0 aliphatic carbocycles. The van der Waals surface area contributed by atoms with Crippen LogP contribution in [0.4, 0.5) is 11.8 Å². The molecule has 24 heavy (non-hydrogen) atoms. The van der Waals surface area contributed by atoms with Crippen molar-refractivity contribution in [2.75, 3.05) is 42.5 Å². The van der Waals surface area contributed by atoms with Gasteiger partial charge in [0, 0.05) is 57.4 Å². The van der Waals surface area contributed by atoms with E-state index in [1.807, 2.05) is 11.8 Å². The molecule has 2 fully saturated rings. The van der Waals surface area contributed by atoms with Gasteiger partial charge in [0.15, 0.2) is 0 Å². The van der Waals surface area contributed by atoms with Gasteiger partial charge in [-0.25, -0.2) is 4.98 Å².